The molecule has 0 bridgehead atoms. The van der Waals surface area contributed by atoms with Crippen LogP contribution in [0.3, 0.4) is 0 Å². The molecule has 0 aromatic heterocycles. The largest absolute Gasteiger partial charge is 0.472 e. The third-order valence-electron chi connectivity index (χ3n) is 9.52. The van der Waals surface area contributed by atoms with E-state index in [-0.39, 0.29) is 19.1 Å². The first-order valence-corrected chi connectivity index (χ1v) is 23.5. The lowest BCUT2D eigenvalue weighted by atomic mass is 10.1. The number of hydrogen-bond donors (Lipinski definition) is 3. The second-order valence-corrected chi connectivity index (χ2v) is 17.5. The summed E-state index contributed by atoms with van der Waals surface area (Å²) in [6.45, 7) is 4.74. The Kier molecular flexibility index (Phi) is 36.0. The average molecular weight is 782 g/mol. The Hall–Kier alpha value is -1.54. The van der Waals surface area contributed by atoms with Crippen molar-refractivity contribution in [3.8, 4) is 0 Å². The van der Waals surface area contributed by atoms with Crippen molar-refractivity contribution in [2.24, 2.45) is 0 Å². The van der Waals surface area contributed by atoms with Crippen LogP contribution < -0.4 is 5.32 Å². The van der Waals surface area contributed by atoms with Gasteiger partial charge in [-0.1, -0.05) is 159 Å². The number of phosphoric ester groups is 1. The number of hydrogen-bond acceptors (Lipinski definition) is 5. The van der Waals surface area contributed by atoms with E-state index < -0.39 is 20.0 Å². The van der Waals surface area contributed by atoms with Crippen molar-refractivity contribution in [2.45, 2.75) is 193 Å². The van der Waals surface area contributed by atoms with Gasteiger partial charge in [0, 0.05) is 6.42 Å². The van der Waals surface area contributed by atoms with Gasteiger partial charge in [0.2, 0.25) is 5.91 Å². The summed E-state index contributed by atoms with van der Waals surface area (Å²) in [5.41, 5.74) is 0. The average Bonchev–Trinajstić information content (AvgIpc) is 3.12. The van der Waals surface area contributed by atoms with Gasteiger partial charge in [0.05, 0.1) is 39.9 Å². The second kappa shape index (κ2) is 37.1. The number of nitrogens with one attached hydrogen (secondary N) is 1. The fourth-order valence-corrected chi connectivity index (χ4v) is 6.70. The fourth-order valence-electron chi connectivity index (χ4n) is 5.97. The zero-order valence-electron chi connectivity index (χ0n) is 35.7. The van der Waals surface area contributed by atoms with Gasteiger partial charge in [-0.3, -0.25) is 13.8 Å². The van der Waals surface area contributed by atoms with Gasteiger partial charge in [0.1, 0.15) is 13.2 Å². The molecule has 1 amide bonds. The lowest BCUT2D eigenvalue weighted by Gasteiger charge is -2.25. The molecular formula is C45H86N2O6P+. The van der Waals surface area contributed by atoms with Crippen molar-refractivity contribution >= 4 is 13.7 Å². The van der Waals surface area contributed by atoms with Crippen LogP contribution >= 0.6 is 7.82 Å². The van der Waals surface area contributed by atoms with Crippen LogP contribution in [0.2, 0.25) is 0 Å². The van der Waals surface area contributed by atoms with E-state index in [9.17, 15) is 19.4 Å². The lowest BCUT2D eigenvalue weighted by Crippen LogP contribution is -2.45. The van der Waals surface area contributed by atoms with Crippen molar-refractivity contribution in [3.63, 3.8) is 0 Å². The molecule has 9 heteroatoms. The van der Waals surface area contributed by atoms with E-state index in [1.807, 2.05) is 27.2 Å². The van der Waals surface area contributed by atoms with E-state index in [0.717, 1.165) is 51.4 Å². The molecule has 316 valence electrons. The van der Waals surface area contributed by atoms with Crippen LogP contribution in [0.1, 0.15) is 181 Å². The molecule has 8 nitrogen and oxygen atoms in total. The number of unbranched alkanes of at least 4 members (excludes halogenated alkanes) is 20. The molecule has 0 fully saturated rings. The summed E-state index contributed by atoms with van der Waals surface area (Å²) in [4.78, 5) is 23.1. The van der Waals surface area contributed by atoms with Crippen LogP contribution in [-0.4, -0.2) is 73.4 Å². The number of phosphoric acid groups is 1. The summed E-state index contributed by atoms with van der Waals surface area (Å²) < 4.78 is 23.5. The number of aliphatic hydroxyl groups excluding tert-OH is 1. The van der Waals surface area contributed by atoms with Crippen molar-refractivity contribution in [1.29, 1.82) is 0 Å². The number of allylic oxidation sites excluding steroid dienone is 7. The minimum absolute atomic E-state index is 0.0532. The lowest BCUT2D eigenvalue weighted by molar-refractivity contribution is -0.870. The molecule has 0 aromatic carbocycles. The number of likely N-dealkylation sites (N-methyl/N-ethyl adjacent to an activating group) is 1. The Labute approximate surface area is 333 Å². The van der Waals surface area contributed by atoms with Crippen molar-refractivity contribution < 1.29 is 32.9 Å². The molecule has 3 atom stereocenters. The number of nitrogens with zero attached hydrogens (tertiary/aromatic N) is 1. The SMILES string of the molecule is CCCCC/C=C\C/C=C\CCCCCCCCCC(=O)NC(COP(=O)(O)OCC[N+](C)(C)C)C(O)/C=C/CC/C=C/CCCCCCCCCCC. The molecule has 0 rings (SSSR count). The number of carbonyl (C=O) groups is 1. The molecule has 0 aromatic rings. The Morgan fingerprint density at radius 2 is 1.07 bits per heavy atom. The Morgan fingerprint density at radius 3 is 1.63 bits per heavy atom. The molecule has 3 N–H and O–H groups in total. The highest BCUT2D eigenvalue weighted by Crippen LogP contribution is 2.43. The number of aliphatic hydroxyl groups is 1. The fraction of sp³-hybridized carbons (Fsp3) is 0.800. The highest BCUT2D eigenvalue weighted by atomic mass is 31.2. The predicted octanol–water partition coefficient (Wildman–Crippen LogP) is 12.1. The number of amides is 1. The third kappa shape index (κ3) is 38.7. The summed E-state index contributed by atoms with van der Waals surface area (Å²) in [5, 5.41) is 13.8. The first-order valence-electron chi connectivity index (χ1n) is 22.0. The molecule has 0 saturated carbocycles. The third-order valence-corrected chi connectivity index (χ3v) is 10.5. The summed E-state index contributed by atoms with van der Waals surface area (Å²) in [5.74, 6) is -0.197. The Morgan fingerprint density at radius 1 is 0.630 bits per heavy atom. The maximum Gasteiger partial charge on any atom is 0.472 e. The number of carbonyl (C=O) groups excluding carboxylic acids is 1. The zero-order chi connectivity index (χ0) is 40.0. The Balaban J connectivity index is 4.50. The second-order valence-electron chi connectivity index (χ2n) is 16.1. The minimum atomic E-state index is -4.35. The van der Waals surface area contributed by atoms with Crippen molar-refractivity contribution in [2.75, 3.05) is 40.9 Å². The van der Waals surface area contributed by atoms with E-state index in [1.165, 1.54) is 109 Å². The van der Waals surface area contributed by atoms with Crippen LogP contribution in [0.15, 0.2) is 48.6 Å². The maximum absolute atomic E-state index is 12.9. The van der Waals surface area contributed by atoms with Crippen molar-refractivity contribution in [3.05, 3.63) is 48.6 Å². The summed E-state index contributed by atoms with van der Waals surface area (Å²) in [6, 6.07) is -0.866. The smallest absolute Gasteiger partial charge is 0.387 e. The molecule has 0 aliphatic heterocycles. The molecule has 0 saturated heterocycles. The van der Waals surface area contributed by atoms with E-state index in [2.05, 4.69) is 55.6 Å². The monoisotopic (exact) mass is 782 g/mol. The van der Waals surface area contributed by atoms with E-state index in [4.69, 9.17) is 9.05 Å². The summed E-state index contributed by atoms with van der Waals surface area (Å²) in [6.07, 6.45) is 46.0. The van der Waals surface area contributed by atoms with Gasteiger partial charge in [0.25, 0.3) is 0 Å². The molecule has 0 aliphatic carbocycles. The van der Waals surface area contributed by atoms with Crippen LogP contribution in [0.5, 0.6) is 0 Å². The van der Waals surface area contributed by atoms with Crippen molar-refractivity contribution in [1.82, 2.24) is 5.32 Å². The molecule has 0 spiro atoms. The first-order chi connectivity index (χ1) is 26.0. The highest BCUT2D eigenvalue weighted by Gasteiger charge is 2.27. The van der Waals surface area contributed by atoms with Crippen LogP contribution in [-0.2, 0) is 18.4 Å². The van der Waals surface area contributed by atoms with E-state index in [1.54, 1.807) is 6.08 Å². The summed E-state index contributed by atoms with van der Waals surface area (Å²) in [7, 11) is 1.54. The number of quaternary nitrogens is 1. The molecule has 0 heterocycles. The van der Waals surface area contributed by atoms with Gasteiger partial charge < -0.3 is 19.8 Å². The molecule has 0 aliphatic rings. The minimum Gasteiger partial charge on any atom is -0.387 e. The van der Waals surface area contributed by atoms with Gasteiger partial charge >= 0.3 is 7.82 Å². The molecule has 3 unspecified atom stereocenters. The van der Waals surface area contributed by atoms with Crippen LogP contribution in [0.25, 0.3) is 0 Å². The van der Waals surface area contributed by atoms with Gasteiger partial charge in [-0.05, 0) is 64.2 Å². The molecule has 54 heavy (non-hydrogen) atoms. The number of rotatable bonds is 39. The maximum atomic E-state index is 12.9. The highest BCUT2D eigenvalue weighted by molar-refractivity contribution is 7.47. The summed E-state index contributed by atoms with van der Waals surface area (Å²) >= 11 is 0. The van der Waals surface area contributed by atoms with Gasteiger partial charge in [-0.15, -0.1) is 0 Å². The standard InChI is InChI=1S/C45H85N2O6P/c1-6-8-10-12-14-16-18-20-22-23-25-27-29-31-33-35-37-39-45(49)46-43(42-53-54(50,51)52-41-40-47(3,4)5)44(48)38-36-34-32-30-28-26-24-21-19-17-15-13-11-9-7-2/h14,16,20,22,28,30,36,38,43-44,48H,6-13,15,17-19,21,23-27,29,31-35,37,39-42H2,1-5H3,(H-,46,49,50,51)/p+1/b16-14-,22-20-,30-28+,38-36+. The first kappa shape index (κ1) is 52.5. The molecule has 0 radical (unpaired) electrons. The zero-order valence-corrected chi connectivity index (χ0v) is 36.6. The van der Waals surface area contributed by atoms with Gasteiger partial charge in [-0.2, -0.15) is 0 Å². The Bertz CT molecular complexity index is 1020. The normalized spacial score (nSPS) is 14.9. The predicted molar refractivity (Wildman–Crippen MR) is 231 cm³/mol. The van der Waals surface area contributed by atoms with Crippen LogP contribution in [0.4, 0.5) is 0 Å². The van der Waals surface area contributed by atoms with Gasteiger partial charge in [-0.25, -0.2) is 4.57 Å². The van der Waals surface area contributed by atoms with Crippen LogP contribution in [0, 0.1) is 0 Å². The molecular weight excluding hydrogens is 695 g/mol. The van der Waals surface area contributed by atoms with Gasteiger partial charge in [0.15, 0.2) is 0 Å². The van der Waals surface area contributed by atoms with E-state index in [0.29, 0.717) is 17.4 Å². The topological polar surface area (TPSA) is 105 Å². The quantitative estimate of drug-likeness (QED) is 0.0248. The van der Waals surface area contributed by atoms with E-state index >= 15 is 0 Å².